The number of fused-ring (bicyclic) bond motifs is 1. The van der Waals surface area contributed by atoms with E-state index in [1.165, 1.54) is 13.2 Å². The minimum Gasteiger partial charge on any atom is -0.465 e. The van der Waals surface area contributed by atoms with Crippen LogP contribution in [0.5, 0.6) is 0 Å². The molecule has 2 heterocycles. The van der Waals surface area contributed by atoms with Gasteiger partial charge in [0.2, 0.25) is 0 Å². The van der Waals surface area contributed by atoms with Crippen molar-refractivity contribution in [2.45, 2.75) is 39.2 Å². The van der Waals surface area contributed by atoms with Crippen LogP contribution in [0.3, 0.4) is 0 Å². The van der Waals surface area contributed by atoms with Gasteiger partial charge in [-0.05, 0) is 49.2 Å². The summed E-state index contributed by atoms with van der Waals surface area (Å²) in [6.45, 7) is 4.85. The number of anilines is 1. The predicted octanol–water partition coefficient (Wildman–Crippen LogP) is 4.51. The first-order chi connectivity index (χ1) is 16.6. The third kappa shape index (κ3) is 5.01. The smallest absolute Gasteiger partial charge is 0.416 e. The zero-order valence-corrected chi connectivity index (χ0v) is 19.5. The lowest BCUT2D eigenvalue weighted by Gasteiger charge is -2.21. The number of hydrogen-bond acceptors (Lipinski definition) is 5. The van der Waals surface area contributed by atoms with Gasteiger partial charge in [-0.25, -0.2) is 9.48 Å². The molecule has 0 bridgehead atoms. The van der Waals surface area contributed by atoms with Crippen molar-refractivity contribution in [3.05, 3.63) is 82.0 Å². The number of amides is 1. The number of halogens is 3. The Balaban J connectivity index is 1.53. The van der Waals surface area contributed by atoms with Crippen molar-refractivity contribution in [2.24, 2.45) is 0 Å². The number of benzene rings is 2. The molecule has 7 nitrogen and oxygen atoms in total. The molecule has 184 valence electrons. The molecule has 1 atom stereocenters. The van der Waals surface area contributed by atoms with E-state index in [2.05, 4.69) is 10.4 Å². The molecule has 1 aromatic heterocycles. The molecule has 0 unspecified atom stereocenters. The van der Waals surface area contributed by atoms with E-state index in [0.717, 1.165) is 17.7 Å². The maximum absolute atomic E-state index is 13.3. The first-order valence-corrected chi connectivity index (χ1v) is 11.1. The summed E-state index contributed by atoms with van der Waals surface area (Å²) in [6.07, 6.45) is -4.42. The fourth-order valence-electron chi connectivity index (χ4n) is 4.23. The molecule has 3 aromatic rings. The third-order valence-corrected chi connectivity index (χ3v) is 6.02. The highest BCUT2D eigenvalue weighted by molar-refractivity contribution is 6.00. The summed E-state index contributed by atoms with van der Waals surface area (Å²) in [5.74, 6) is -0.185. The summed E-state index contributed by atoms with van der Waals surface area (Å²) < 4.78 is 45.8. The molecule has 1 N–H and O–H groups in total. The van der Waals surface area contributed by atoms with Crippen LogP contribution in [0.2, 0.25) is 0 Å². The number of carbonyl (C=O) groups excluding carboxylic acids is 2. The van der Waals surface area contributed by atoms with Crippen molar-refractivity contribution in [1.82, 2.24) is 15.1 Å². The van der Waals surface area contributed by atoms with Crippen LogP contribution in [0.1, 0.15) is 56.1 Å². The molecular weight excluding hydrogens is 461 g/mol. The summed E-state index contributed by atoms with van der Waals surface area (Å²) in [4.78, 5) is 26.8. The van der Waals surface area contributed by atoms with E-state index in [1.807, 2.05) is 11.8 Å². The molecule has 0 fully saturated rings. The van der Waals surface area contributed by atoms with Crippen LogP contribution in [-0.2, 0) is 24.0 Å². The van der Waals surface area contributed by atoms with Crippen LogP contribution >= 0.6 is 0 Å². The number of ether oxygens (including phenoxy) is 1. The zero-order valence-electron chi connectivity index (χ0n) is 19.5. The van der Waals surface area contributed by atoms with Gasteiger partial charge >= 0.3 is 12.1 Å². The fourth-order valence-corrected chi connectivity index (χ4v) is 4.23. The summed E-state index contributed by atoms with van der Waals surface area (Å²) in [7, 11) is 1.31. The molecule has 1 aliphatic heterocycles. The Bertz CT molecular complexity index is 1250. The van der Waals surface area contributed by atoms with Gasteiger partial charge in [0.05, 0.1) is 36.5 Å². The molecule has 0 saturated heterocycles. The van der Waals surface area contributed by atoms with Crippen LogP contribution in [0.25, 0.3) is 0 Å². The highest BCUT2D eigenvalue weighted by Gasteiger charge is 2.33. The quantitative estimate of drug-likeness (QED) is 0.519. The molecule has 2 aromatic carbocycles. The van der Waals surface area contributed by atoms with Crippen molar-refractivity contribution < 1.29 is 27.5 Å². The molecule has 1 amide bonds. The van der Waals surface area contributed by atoms with E-state index in [-0.39, 0.29) is 18.5 Å². The Morgan fingerprint density at radius 1 is 1.14 bits per heavy atom. The number of rotatable bonds is 6. The van der Waals surface area contributed by atoms with Gasteiger partial charge in [0.1, 0.15) is 11.4 Å². The van der Waals surface area contributed by atoms with E-state index in [4.69, 9.17) is 4.74 Å². The summed E-state index contributed by atoms with van der Waals surface area (Å²) in [5, 5.41) is 7.43. The monoisotopic (exact) mass is 486 g/mol. The third-order valence-electron chi connectivity index (χ3n) is 6.02. The normalized spacial score (nSPS) is 13.9. The number of carbonyl (C=O) groups is 2. The number of alkyl halides is 3. The minimum absolute atomic E-state index is 0.222. The number of esters is 1. The fraction of sp³-hybridized carbons (Fsp3) is 0.320. The van der Waals surface area contributed by atoms with Gasteiger partial charge in [0, 0.05) is 13.1 Å². The number of nitrogens with zero attached hydrogens (tertiary/aromatic N) is 3. The standard InChI is InChI=1S/C25H25F3N4O3/c1-15(18-7-9-19(10-8-18)24(34)35-3)29-22(33)21-16(2)30-32-12-11-31(23(21)32)14-17-5-4-6-20(13-17)25(26,27)28/h4-10,13,15H,11-12,14H2,1-3H3,(H,29,33)/t15-/m0/s1. The van der Waals surface area contributed by atoms with E-state index >= 15 is 0 Å². The second kappa shape index (κ2) is 9.44. The van der Waals surface area contributed by atoms with Crippen LogP contribution in [0.4, 0.5) is 19.0 Å². The molecule has 0 radical (unpaired) electrons. The second-order valence-corrected chi connectivity index (χ2v) is 8.44. The molecule has 10 heteroatoms. The van der Waals surface area contributed by atoms with Crippen molar-refractivity contribution >= 4 is 17.7 Å². The van der Waals surface area contributed by atoms with Gasteiger partial charge in [-0.2, -0.15) is 18.3 Å². The lowest BCUT2D eigenvalue weighted by molar-refractivity contribution is -0.137. The largest absolute Gasteiger partial charge is 0.465 e. The number of hydrogen-bond donors (Lipinski definition) is 1. The summed E-state index contributed by atoms with van der Waals surface area (Å²) in [5.41, 5.74) is 1.94. The number of methoxy groups -OCH3 is 1. The Hall–Kier alpha value is -3.82. The van der Waals surface area contributed by atoms with Crippen LogP contribution in [-0.4, -0.2) is 35.3 Å². The highest BCUT2D eigenvalue weighted by atomic mass is 19.4. The Morgan fingerprint density at radius 2 is 1.86 bits per heavy atom. The van der Waals surface area contributed by atoms with Crippen molar-refractivity contribution in [3.63, 3.8) is 0 Å². The van der Waals surface area contributed by atoms with Gasteiger partial charge in [-0.15, -0.1) is 0 Å². The first kappa shape index (κ1) is 24.3. The van der Waals surface area contributed by atoms with Crippen molar-refractivity contribution in [2.75, 3.05) is 18.6 Å². The predicted molar refractivity (Wildman–Crippen MR) is 123 cm³/mol. The van der Waals surface area contributed by atoms with Gasteiger partial charge in [0.25, 0.3) is 5.91 Å². The molecule has 4 rings (SSSR count). The number of aromatic nitrogens is 2. The second-order valence-electron chi connectivity index (χ2n) is 8.44. The van der Waals surface area contributed by atoms with E-state index < -0.39 is 17.7 Å². The first-order valence-electron chi connectivity index (χ1n) is 11.1. The number of nitrogens with one attached hydrogen (secondary N) is 1. The Morgan fingerprint density at radius 3 is 2.51 bits per heavy atom. The zero-order chi connectivity index (χ0) is 25.3. The van der Waals surface area contributed by atoms with Gasteiger partial charge in [-0.3, -0.25) is 4.79 Å². The Labute approximate surface area is 200 Å². The van der Waals surface area contributed by atoms with E-state index in [9.17, 15) is 22.8 Å². The molecule has 0 spiro atoms. The Kier molecular flexibility index (Phi) is 6.56. The van der Waals surface area contributed by atoms with Crippen molar-refractivity contribution in [1.29, 1.82) is 0 Å². The molecule has 0 saturated carbocycles. The molecule has 35 heavy (non-hydrogen) atoms. The molecule has 1 aliphatic rings. The van der Waals surface area contributed by atoms with Gasteiger partial charge < -0.3 is 15.0 Å². The highest BCUT2D eigenvalue weighted by Crippen LogP contribution is 2.33. The van der Waals surface area contributed by atoms with E-state index in [0.29, 0.717) is 41.3 Å². The lowest BCUT2D eigenvalue weighted by atomic mass is 10.1. The van der Waals surface area contributed by atoms with Crippen LogP contribution in [0.15, 0.2) is 48.5 Å². The number of aryl methyl sites for hydroxylation is 1. The average Bonchev–Trinajstić information content (AvgIpc) is 3.36. The minimum atomic E-state index is -4.42. The van der Waals surface area contributed by atoms with Gasteiger partial charge in [-0.1, -0.05) is 24.3 Å². The summed E-state index contributed by atoms with van der Waals surface area (Å²) >= 11 is 0. The maximum atomic E-state index is 13.3. The molecular formula is C25H25F3N4O3. The molecule has 0 aliphatic carbocycles. The van der Waals surface area contributed by atoms with Crippen LogP contribution < -0.4 is 10.2 Å². The van der Waals surface area contributed by atoms with Crippen molar-refractivity contribution in [3.8, 4) is 0 Å². The van der Waals surface area contributed by atoms with Crippen LogP contribution in [0, 0.1) is 6.92 Å². The SMILES string of the molecule is COC(=O)c1ccc([C@H](C)NC(=O)c2c(C)nn3c2N(Cc2cccc(C(F)(F)F)c2)CC3)cc1. The van der Waals surface area contributed by atoms with Gasteiger partial charge in [0.15, 0.2) is 0 Å². The topological polar surface area (TPSA) is 76.5 Å². The van der Waals surface area contributed by atoms with E-state index in [1.54, 1.807) is 41.9 Å². The lowest BCUT2D eigenvalue weighted by Crippen LogP contribution is -2.29. The maximum Gasteiger partial charge on any atom is 0.416 e. The summed E-state index contributed by atoms with van der Waals surface area (Å²) in [6, 6.07) is 11.6. The average molecular weight is 486 g/mol.